The Labute approximate surface area is 129 Å². The lowest BCUT2D eigenvalue weighted by atomic mass is 10.1. The molecule has 0 aliphatic heterocycles. The number of hydrogen-bond donors (Lipinski definition) is 2. The van der Waals surface area contributed by atoms with Crippen molar-refractivity contribution in [3.05, 3.63) is 64.8 Å². The largest absolute Gasteiger partial charge is 0.361 e. The molecule has 0 unspecified atom stereocenters. The number of aromatic amines is 1. The summed E-state index contributed by atoms with van der Waals surface area (Å²) in [5.41, 5.74) is 1.84. The maximum atomic E-state index is 13.3. The summed E-state index contributed by atoms with van der Waals surface area (Å²) in [5, 5.41) is 3.23. The number of anilines is 1. The van der Waals surface area contributed by atoms with E-state index >= 15 is 0 Å². The lowest BCUT2D eigenvalue weighted by Crippen LogP contribution is -2.14. The van der Waals surface area contributed by atoms with E-state index in [1.54, 1.807) is 12.3 Å². The Balaban J connectivity index is 1.78. The zero-order chi connectivity index (χ0) is 15.7. The molecule has 1 heterocycles. The Morgan fingerprint density at radius 1 is 1.18 bits per heavy atom. The van der Waals surface area contributed by atoms with Crippen LogP contribution in [0.5, 0.6) is 0 Å². The van der Waals surface area contributed by atoms with E-state index in [2.05, 4.69) is 10.3 Å². The van der Waals surface area contributed by atoms with Gasteiger partial charge in [0, 0.05) is 22.8 Å². The van der Waals surface area contributed by atoms with Gasteiger partial charge in [-0.15, -0.1) is 0 Å². The summed E-state index contributed by atoms with van der Waals surface area (Å²) in [4.78, 5) is 15.0. The molecule has 0 saturated carbocycles. The second kappa shape index (κ2) is 5.77. The SMILES string of the molecule is O=C(Cc1c[nH]c2ccc(F)cc12)Nc1ccc(F)c(Cl)c1. The van der Waals surface area contributed by atoms with Gasteiger partial charge in [0.15, 0.2) is 0 Å². The van der Waals surface area contributed by atoms with Gasteiger partial charge in [-0.25, -0.2) is 8.78 Å². The minimum Gasteiger partial charge on any atom is -0.361 e. The topological polar surface area (TPSA) is 44.9 Å². The van der Waals surface area contributed by atoms with E-state index in [0.717, 1.165) is 5.52 Å². The first-order valence-corrected chi connectivity index (χ1v) is 6.91. The highest BCUT2D eigenvalue weighted by Crippen LogP contribution is 2.22. The molecule has 2 N–H and O–H groups in total. The predicted octanol–water partition coefficient (Wildman–Crippen LogP) is 4.28. The van der Waals surface area contributed by atoms with Crippen LogP contribution < -0.4 is 5.32 Å². The average Bonchev–Trinajstić information content (AvgIpc) is 2.85. The maximum Gasteiger partial charge on any atom is 0.228 e. The van der Waals surface area contributed by atoms with E-state index in [-0.39, 0.29) is 23.2 Å². The van der Waals surface area contributed by atoms with Gasteiger partial charge in [-0.2, -0.15) is 0 Å². The molecule has 2 aromatic carbocycles. The fourth-order valence-electron chi connectivity index (χ4n) is 2.25. The van der Waals surface area contributed by atoms with Crippen molar-refractivity contribution in [1.29, 1.82) is 0 Å². The highest BCUT2D eigenvalue weighted by molar-refractivity contribution is 6.31. The van der Waals surface area contributed by atoms with Crippen molar-refractivity contribution in [2.45, 2.75) is 6.42 Å². The lowest BCUT2D eigenvalue weighted by Gasteiger charge is -2.05. The first kappa shape index (κ1) is 14.5. The number of aromatic nitrogens is 1. The van der Waals surface area contributed by atoms with Gasteiger partial charge >= 0.3 is 0 Å². The Morgan fingerprint density at radius 3 is 2.77 bits per heavy atom. The van der Waals surface area contributed by atoms with Gasteiger partial charge < -0.3 is 10.3 Å². The number of H-pyrrole nitrogens is 1. The van der Waals surface area contributed by atoms with Gasteiger partial charge in [0.05, 0.1) is 11.4 Å². The molecule has 3 aromatic rings. The van der Waals surface area contributed by atoms with Crippen LogP contribution in [0.25, 0.3) is 10.9 Å². The van der Waals surface area contributed by atoms with Crippen molar-refractivity contribution in [2.75, 3.05) is 5.32 Å². The van der Waals surface area contributed by atoms with E-state index < -0.39 is 5.82 Å². The van der Waals surface area contributed by atoms with E-state index in [9.17, 15) is 13.6 Å². The van der Waals surface area contributed by atoms with Crippen LogP contribution in [0.3, 0.4) is 0 Å². The molecule has 3 nitrogen and oxygen atoms in total. The van der Waals surface area contributed by atoms with Crippen molar-refractivity contribution in [2.24, 2.45) is 0 Å². The van der Waals surface area contributed by atoms with Crippen molar-refractivity contribution >= 4 is 34.1 Å². The number of amides is 1. The molecule has 0 saturated heterocycles. The third-order valence-corrected chi connectivity index (χ3v) is 3.57. The van der Waals surface area contributed by atoms with Crippen molar-refractivity contribution in [1.82, 2.24) is 4.98 Å². The molecule has 0 radical (unpaired) electrons. The monoisotopic (exact) mass is 320 g/mol. The predicted molar refractivity (Wildman–Crippen MR) is 82.0 cm³/mol. The smallest absolute Gasteiger partial charge is 0.228 e. The van der Waals surface area contributed by atoms with Gasteiger partial charge in [-0.3, -0.25) is 4.79 Å². The molecule has 0 aliphatic rings. The molecule has 0 aliphatic carbocycles. The molecule has 6 heteroatoms. The van der Waals surface area contributed by atoms with Gasteiger partial charge in [-0.05, 0) is 42.0 Å². The molecule has 0 atom stereocenters. The zero-order valence-corrected chi connectivity index (χ0v) is 12.0. The molecule has 3 rings (SSSR count). The van der Waals surface area contributed by atoms with Crippen LogP contribution in [0.1, 0.15) is 5.56 Å². The van der Waals surface area contributed by atoms with Crippen LogP contribution in [-0.2, 0) is 11.2 Å². The van der Waals surface area contributed by atoms with Gasteiger partial charge in [0.25, 0.3) is 0 Å². The molecular formula is C16H11ClF2N2O. The minimum atomic E-state index is -0.549. The molecule has 0 spiro atoms. The van der Waals surface area contributed by atoms with E-state index in [4.69, 9.17) is 11.6 Å². The Hall–Kier alpha value is -2.40. The van der Waals surface area contributed by atoms with Crippen molar-refractivity contribution in [3.63, 3.8) is 0 Å². The highest BCUT2D eigenvalue weighted by Gasteiger charge is 2.10. The van der Waals surface area contributed by atoms with Crippen LogP contribution in [0, 0.1) is 11.6 Å². The Kier molecular flexibility index (Phi) is 3.81. The second-order valence-electron chi connectivity index (χ2n) is 4.86. The fraction of sp³-hybridized carbons (Fsp3) is 0.0625. The molecule has 0 bridgehead atoms. The lowest BCUT2D eigenvalue weighted by molar-refractivity contribution is -0.115. The van der Waals surface area contributed by atoms with Gasteiger partial charge in [0.1, 0.15) is 11.6 Å². The number of rotatable bonds is 3. The van der Waals surface area contributed by atoms with Crippen LogP contribution >= 0.6 is 11.6 Å². The summed E-state index contributed by atoms with van der Waals surface area (Å²) in [6.07, 6.45) is 1.74. The summed E-state index contributed by atoms with van der Waals surface area (Å²) < 4.78 is 26.4. The number of nitrogens with one attached hydrogen (secondary N) is 2. The van der Waals surface area contributed by atoms with Crippen LogP contribution in [0.15, 0.2) is 42.6 Å². The molecule has 1 amide bonds. The average molecular weight is 321 g/mol. The molecule has 112 valence electrons. The molecule has 1 aromatic heterocycles. The van der Waals surface area contributed by atoms with Crippen molar-refractivity contribution in [3.8, 4) is 0 Å². The standard InChI is InChI=1S/C16H11ClF2N2O/c17-13-7-11(2-3-14(13)19)21-16(22)5-9-8-20-15-4-1-10(18)6-12(9)15/h1-4,6-8,20H,5H2,(H,21,22). The number of hydrogen-bond acceptors (Lipinski definition) is 1. The summed E-state index contributed by atoms with van der Waals surface area (Å²) >= 11 is 5.66. The minimum absolute atomic E-state index is 0.0630. The first-order chi connectivity index (χ1) is 10.5. The Bertz CT molecular complexity index is 860. The van der Waals surface area contributed by atoms with Crippen LogP contribution in [-0.4, -0.2) is 10.9 Å². The third kappa shape index (κ3) is 2.94. The van der Waals surface area contributed by atoms with Gasteiger partial charge in [-0.1, -0.05) is 11.6 Å². The second-order valence-corrected chi connectivity index (χ2v) is 5.26. The summed E-state index contributed by atoms with van der Waals surface area (Å²) in [6, 6.07) is 8.29. The molecule has 0 fully saturated rings. The van der Waals surface area contributed by atoms with E-state index in [0.29, 0.717) is 16.6 Å². The summed E-state index contributed by atoms with van der Waals surface area (Å²) in [7, 11) is 0. The molecular weight excluding hydrogens is 310 g/mol. The number of halogens is 3. The van der Waals surface area contributed by atoms with Gasteiger partial charge in [0.2, 0.25) is 5.91 Å². The third-order valence-electron chi connectivity index (χ3n) is 3.28. The first-order valence-electron chi connectivity index (χ1n) is 6.53. The fourth-order valence-corrected chi connectivity index (χ4v) is 2.43. The molecule has 22 heavy (non-hydrogen) atoms. The highest BCUT2D eigenvalue weighted by atomic mass is 35.5. The Morgan fingerprint density at radius 2 is 2.00 bits per heavy atom. The number of carbonyl (C=O) groups is 1. The summed E-state index contributed by atoms with van der Waals surface area (Å²) in [6.45, 7) is 0. The number of fused-ring (bicyclic) bond motifs is 1. The number of carbonyl (C=O) groups excluding carboxylic acids is 1. The zero-order valence-electron chi connectivity index (χ0n) is 11.3. The van der Waals surface area contributed by atoms with E-state index in [1.165, 1.54) is 30.3 Å². The summed E-state index contributed by atoms with van der Waals surface area (Å²) in [5.74, 6) is -1.21. The van der Waals surface area contributed by atoms with Crippen molar-refractivity contribution < 1.29 is 13.6 Å². The van der Waals surface area contributed by atoms with Crippen LogP contribution in [0.2, 0.25) is 5.02 Å². The normalized spacial score (nSPS) is 10.9. The maximum absolute atomic E-state index is 13.3. The quantitative estimate of drug-likeness (QED) is 0.743. The number of benzene rings is 2. The van der Waals surface area contributed by atoms with Crippen LogP contribution in [0.4, 0.5) is 14.5 Å². The van der Waals surface area contributed by atoms with E-state index in [1.807, 2.05) is 0 Å².